The van der Waals surface area contributed by atoms with Crippen LogP contribution in [0.4, 0.5) is 28.9 Å². The summed E-state index contributed by atoms with van der Waals surface area (Å²) in [5.41, 5.74) is 1.90. The van der Waals surface area contributed by atoms with E-state index in [2.05, 4.69) is 25.8 Å². The van der Waals surface area contributed by atoms with Crippen LogP contribution in [0.15, 0.2) is 42.7 Å². The zero-order valence-electron chi connectivity index (χ0n) is 22.3. The number of halogens is 4. The molecule has 13 heteroatoms. The number of aryl methyl sites for hydroxylation is 2. The number of carbonyl (C=O) groups is 1. The first-order chi connectivity index (χ1) is 18.9. The summed E-state index contributed by atoms with van der Waals surface area (Å²) < 4.78 is 58.0. The van der Waals surface area contributed by atoms with Crippen molar-refractivity contribution in [2.24, 2.45) is 0 Å². The number of aromatic amines is 1. The van der Waals surface area contributed by atoms with Gasteiger partial charge in [0.15, 0.2) is 5.82 Å². The first kappa shape index (κ1) is 27.3. The predicted octanol–water partition coefficient (Wildman–Crippen LogP) is 4.82. The predicted molar refractivity (Wildman–Crippen MR) is 142 cm³/mol. The lowest BCUT2D eigenvalue weighted by atomic mass is 10.1. The van der Waals surface area contributed by atoms with Gasteiger partial charge in [-0.15, -0.1) is 5.10 Å². The average Bonchev–Trinajstić information content (AvgIpc) is 3.65. The fourth-order valence-corrected chi connectivity index (χ4v) is 4.88. The molecule has 1 fully saturated rings. The fourth-order valence-electron chi connectivity index (χ4n) is 4.88. The highest BCUT2D eigenvalue weighted by Crippen LogP contribution is 2.38. The lowest BCUT2D eigenvalue weighted by Crippen LogP contribution is -2.34. The van der Waals surface area contributed by atoms with Crippen molar-refractivity contribution in [2.45, 2.75) is 32.5 Å². The molecule has 1 amide bonds. The number of amides is 1. The molecule has 210 valence electrons. The average molecular weight is 557 g/mol. The van der Waals surface area contributed by atoms with Crippen LogP contribution in [0.2, 0.25) is 0 Å². The van der Waals surface area contributed by atoms with Crippen LogP contribution in [-0.4, -0.2) is 69.2 Å². The third-order valence-corrected chi connectivity index (χ3v) is 7.23. The Labute approximate surface area is 227 Å². The zero-order valence-corrected chi connectivity index (χ0v) is 22.3. The van der Waals surface area contributed by atoms with Crippen molar-refractivity contribution in [2.75, 3.05) is 37.4 Å². The summed E-state index contributed by atoms with van der Waals surface area (Å²) in [5, 5.41) is 17.7. The molecule has 0 saturated carbocycles. The van der Waals surface area contributed by atoms with Crippen LogP contribution >= 0.6 is 0 Å². The van der Waals surface area contributed by atoms with E-state index in [9.17, 15) is 18.0 Å². The summed E-state index contributed by atoms with van der Waals surface area (Å²) in [6.07, 6.45) is -0.933. The van der Waals surface area contributed by atoms with E-state index in [0.29, 0.717) is 30.4 Å². The van der Waals surface area contributed by atoms with Gasteiger partial charge in [0.1, 0.15) is 5.69 Å². The first-order valence-corrected chi connectivity index (χ1v) is 12.6. The molecule has 0 bridgehead atoms. The molecule has 3 heterocycles. The van der Waals surface area contributed by atoms with Crippen molar-refractivity contribution in [3.63, 3.8) is 0 Å². The number of hydrogen-bond donors (Lipinski definition) is 2. The van der Waals surface area contributed by atoms with Gasteiger partial charge in [0.2, 0.25) is 0 Å². The molecule has 1 aliphatic heterocycles. The number of aromatic nitrogens is 5. The molecule has 1 unspecified atom stereocenters. The summed E-state index contributed by atoms with van der Waals surface area (Å²) in [6.45, 7) is 5.03. The van der Waals surface area contributed by atoms with Crippen LogP contribution in [0, 0.1) is 19.7 Å². The van der Waals surface area contributed by atoms with Crippen LogP contribution < -0.4 is 10.2 Å². The Hall–Kier alpha value is -4.26. The largest absolute Gasteiger partial charge is 0.419 e. The number of alkyl halides is 3. The number of likely N-dealkylation sites (N-methyl/N-ethyl adjacent to an activating group) is 2. The van der Waals surface area contributed by atoms with Crippen molar-refractivity contribution in [3.8, 4) is 16.9 Å². The zero-order chi connectivity index (χ0) is 28.8. The Bertz CT molecular complexity index is 1560. The van der Waals surface area contributed by atoms with Gasteiger partial charge in [-0.1, -0.05) is 11.3 Å². The highest BCUT2D eigenvalue weighted by atomic mass is 19.4. The Morgan fingerprint density at radius 2 is 1.98 bits per heavy atom. The summed E-state index contributed by atoms with van der Waals surface area (Å²) >= 11 is 0. The topological polar surface area (TPSA) is 95.0 Å². The normalized spacial score (nSPS) is 15.9. The summed E-state index contributed by atoms with van der Waals surface area (Å²) in [4.78, 5) is 16.7. The quantitative estimate of drug-likeness (QED) is 0.331. The Balaban J connectivity index is 1.45. The van der Waals surface area contributed by atoms with Crippen molar-refractivity contribution in [1.82, 2.24) is 30.1 Å². The van der Waals surface area contributed by atoms with E-state index in [-0.39, 0.29) is 23.0 Å². The van der Waals surface area contributed by atoms with Gasteiger partial charge in [-0.25, -0.2) is 9.07 Å². The second kappa shape index (κ2) is 10.4. The molecule has 40 heavy (non-hydrogen) atoms. The van der Waals surface area contributed by atoms with Crippen molar-refractivity contribution in [3.05, 3.63) is 70.9 Å². The summed E-state index contributed by atoms with van der Waals surface area (Å²) in [6, 6.07) is 6.54. The third-order valence-electron chi connectivity index (χ3n) is 7.23. The monoisotopic (exact) mass is 556 g/mol. The molecule has 2 N–H and O–H groups in total. The molecule has 4 aromatic rings. The van der Waals surface area contributed by atoms with E-state index in [1.54, 1.807) is 37.6 Å². The van der Waals surface area contributed by atoms with Crippen molar-refractivity contribution < 1.29 is 22.4 Å². The molecule has 2 aromatic heterocycles. The number of hydrogen-bond acceptors (Lipinski definition) is 6. The smallest absolute Gasteiger partial charge is 0.368 e. The standard InChI is InChI=1S/C27H28F4N8O/c1-15-5-6-17(9-23(15)39-14-22(35-36-39)20-12-32-34-16(20)2)26(40)33-18-10-21(27(29,30)31)25(28)24(11-18)38(4)19-7-8-37(3)13-19/h5-6,9-12,14,19H,7-8,13H2,1-4H3,(H,32,34)(H,33,40). The van der Waals surface area contributed by atoms with Crippen LogP contribution in [0.25, 0.3) is 16.9 Å². The molecular formula is C27H28F4N8O. The van der Waals surface area contributed by atoms with Gasteiger partial charge in [-0.05, 0) is 63.7 Å². The minimum atomic E-state index is -4.94. The molecule has 2 aromatic carbocycles. The number of anilines is 2. The van der Waals surface area contributed by atoms with Gasteiger partial charge >= 0.3 is 6.18 Å². The van der Waals surface area contributed by atoms with Crippen LogP contribution in [0.1, 0.15) is 33.6 Å². The number of nitrogens with zero attached hydrogens (tertiary/aromatic N) is 6. The molecule has 1 aliphatic rings. The van der Waals surface area contributed by atoms with E-state index in [0.717, 1.165) is 23.4 Å². The molecule has 5 rings (SSSR count). The highest BCUT2D eigenvalue weighted by Gasteiger charge is 2.37. The highest BCUT2D eigenvalue weighted by molar-refractivity contribution is 6.05. The molecular weight excluding hydrogens is 528 g/mol. The maximum Gasteiger partial charge on any atom is 0.419 e. The van der Waals surface area contributed by atoms with E-state index in [4.69, 9.17) is 0 Å². The molecule has 0 aliphatic carbocycles. The van der Waals surface area contributed by atoms with Crippen molar-refractivity contribution in [1.29, 1.82) is 0 Å². The fraction of sp³-hybridized carbons (Fsp3) is 0.333. The first-order valence-electron chi connectivity index (χ1n) is 12.6. The van der Waals surface area contributed by atoms with E-state index in [1.807, 2.05) is 25.8 Å². The number of benzene rings is 2. The van der Waals surface area contributed by atoms with Gasteiger partial charge in [0.05, 0.1) is 29.3 Å². The van der Waals surface area contributed by atoms with Gasteiger partial charge in [-0.2, -0.15) is 18.3 Å². The second-order valence-corrected chi connectivity index (χ2v) is 10.1. The molecule has 9 nitrogen and oxygen atoms in total. The maximum atomic E-state index is 15.1. The van der Waals surface area contributed by atoms with Crippen LogP contribution in [0.5, 0.6) is 0 Å². The third kappa shape index (κ3) is 5.28. The van der Waals surface area contributed by atoms with Gasteiger partial charge in [0, 0.05) is 42.1 Å². The van der Waals surface area contributed by atoms with Crippen LogP contribution in [-0.2, 0) is 6.18 Å². The Morgan fingerprint density at radius 3 is 2.62 bits per heavy atom. The molecule has 0 radical (unpaired) electrons. The number of H-pyrrole nitrogens is 1. The number of rotatable bonds is 6. The molecule has 0 spiro atoms. The van der Waals surface area contributed by atoms with E-state index < -0.39 is 23.5 Å². The second-order valence-electron chi connectivity index (χ2n) is 10.1. The molecule has 1 saturated heterocycles. The Morgan fingerprint density at radius 1 is 1.20 bits per heavy atom. The lowest BCUT2D eigenvalue weighted by molar-refractivity contribution is -0.139. The Kier molecular flexibility index (Phi) is 7.08. The minimum Gasteiger partial charge on any atom is -0.368 e. The lowest BCUT2D eigenvalue weighted by Gasteiger charge is -2.28. The minimum absolute atomic E-state index is 0.160. The maximum absolute atomic E-state index is 15.1. The molecule has 1 atom stereocenters. The SMILES string of the molecule is Cc1ccc(C(=O)Nc2cc(N(C)C3CCN(C)C3)c(F)c(C(F)(F)F)c2)cc1-n1cc(-c2cn[nH]c2C)nn1. The van der Waals surface area contributed by atoms with E-state index in [1.165, 1.54) is 15.6 Å². The number of nitrogens with one attached hydrogen (secondary N) is 2. The van der Waals surface area contributed by atoms with Gasteiger partial charge in [0.25, 0.3) is 5.91 Å². The van der Waals surface area contributed by atoms with Crippen molar-refractivity contribution >= 4 is 17.3 Å². The van der Waals surface area contributed by atoms with E-state index >= 15 is 4.39 Å². The number of likely N-dealkylation sites (tertiary alicyclic amines) is 1. The van der Waals surface area contributed by atoms with Gasteiger partial charge in [-0.3, -0.25) is 9.89 Å². The summed E-state index contributed by atoms with van der Waals surface area (Å²) in [7, 11) is 3.47. The summed E-state index contributed by atoms with van der Waals surface area (Å²) in [5.74, 6) is -2.02. The number of carbonyl (C=O) groups excluding carboxylic acids is 1. The van der Waals surface area contributed by atoms with Crippen LogP contribution in [0.3, 0.4) is 0 Å². The van der Waals surface area contributed by atoms with Gasteiger partial charge < -0.3 is 15.1 Å².